The van der Waals surface area contributed by atoms with Crippen LogP contribution in [0.3, 0.4) is 0 Å². The Morgan fingerprint density at radius 1 is 1.27 bits per heavy atom. The van der Waals surface area contributed by atoms with Gasteiger partial charge in [-0.3, -0.25) is 4.79 Å². The Morgan fingerprint density at radius 3 is 2.73 bits per heavy atom. The Kier molecular flexibility index (Phi) is 6.19. The lowest BCUT2D eigenvalue weighted by Gasteiger charge is -2.24. The number of amides is 1. The third-order valence-corrected chi connectivity index (χ3v) is 5.58. The van der Waals surface area contributed by atoms with Gasteiger partial charge in [-0.2, -0.15) is 0 Å². The van der Waals surface area contributed by atoms with Crippen molar-refractivity contribution in [3.8, 4) is 0 Å². The Balaban J connectivity index is 1.78. The van der Waals surface area contributed by atoms with Crippen LogP contribution in [0.5, 0.6) is 0 Å². The van der Waals surface area contributed by atoms with Crippen molar-refractivity contribution >= 4 is 34.3 Å². The monoisotopic (exact) mass is 416 g/mol. The molecule has 2 fully saturated rings. The van der Waals surface area contributed by atoms with Crippen LogP contribution in [0.4, 0.5) is 11.4 Å². The number of carbonyl (C=O) groups excluding carboxylic acids is 2. The molecule has 2 aromatic heterocycles. The summed E-state index contributed by atoms with van der Waals surface area (Å²) >= 11 is 0. The molecule has 1 atom stereocenters. The molecule has 4 rings (SSSR count). The van der Waals surface area contributed by atoms with Crippen molar-refractivity contribution in [1.29, 1.82) is 0 Å². The van der Waals surface area contributed by atoms with Crippen molar-refractivity contribution in [2.75, 3.05) is 37.6 Å². The average Bonchev–Trinajstić information content (AvgIpc) is 3.35. The maximum Gasteiger partial charge on any atom is 0.356 e. The van der Waals surface area contributed by atoms with E-state index in [1.165, 1.54) is 14.0 Å². The normalized spacial score (nSPS) is 19.7. The van der Waals surface area contributed by atoms with Crippen LogP contribution in [-0.2, 0) is 25.5 Å². The summed E-state index contributed by atoms with van der Waals surface area (Å²) in [6.45, 7) is 4.06. The largest absolute Gasteiger partial charge is 0.464 e. The maximum absolute atomic E-state index is 12.7. The Morgan fingerprint density at radius 2 is 2.07 bits per heavy atom. The van der Waals surface area contributed by atoms with Crippen LogP contribution >= 0.6 is 0 Å². The zero-order valence-corrected chi connectivity index (χ0v) is 17.4. The molecule has 0 radical (unpaired) electrons. The Hall–Kier alpha value is -2.65. The van der Waals surface area contributed by atoms with Crippen LogP contribution in [0.1, 0.15) is 43.1 Å². The minimum absolute atomic E-state index is 0.00368. The van der Waals surface area contributed by atoms with E-state index >= 15 is 0 Å². The summed E-state index contributed by atoms with van der Waals surface area (Å²) in [4.78, 5) is 29.3. The molecular weight excluding hydrogens is 388 g/mol. The SMILES string of the molecule is COC(=O)c1c(NC(C)=O)c2cc(NC3CCOCC3)cnc2n1CC1CCCO1. The van der Waals surface area contributed by atoms with E-state index in [-0.39, 0.29) is 17.7 Å². The molecule has 2 aromatic rings. The van der Waals surface area contributed by atoms with Gasteiger partial charge in [0.05, 0.1) is 37.3 Å². The quantitative estimate of drug-likeness (QED) is 0.698. The number of nitrogens with one attached hydrogen (secondary N) is 2. The van der Waals surface area contributed by atoms with Gasteiger partial charge in [0.25, 0.3) is 0 Å². The maximum atomic E-state index is 12.7. The van der Waals surface area contributed by atoms with Crippen molar-refractivity contribution in [3.63, 3.8) is 0 Å². The number of rotatable bonds is 6. The second-order valence-electron chi connectivity index (χ2n) is 7.77. The van der Waals surface area contributed by atoms with Crippen molar-refractivity contribution in [2.45, 2.75) is 51.3 Å². The zero-order valence-electron chi connectivity index (χ0n) is 17.4. The summed E-state index contributed by atoms with van der Waals surface area (Å²) in [6, 6.07) is 2.23. The minimum Gasteiger partial charge on any atom is -0.464 e. The second kappa shape index (κ2) is 9.01. The molecule has 0 bridgehead atoms. The van der Waals surface area contributed by atoms with Gasteiger partial charge in [-0.1, -0.05) is 0 Å². The van der Waals surface area contributed by atoms with Gasteiger partial charge in [-0.05, 0) is 31.7 Å². The van der Waals surface area contributed by atoms with Gasteiger partial charge < -0.3 is 29.4 Å². The number of hydrogen-bond donors (Lipinski definition) is 2. The van der Waals surface area contributed by atoms with Crippen molar-refractivity contribution < 1.29 is 23.8 Å². The van der Waals surface area contributed by atoms with Gasteiger partial charge in [-0.25, -0.2) is 9.78 Å². The van der Waals surface area contributed by atoms with Crippen molar-refractivity contribution in [3.05, 3.63) is 18.0 Å². The minimum atomic E-state index is -0.520. The Labute approximate surface area is 175 Å². The van der Waals surface area contributed by atoms with Gasteiger partial charge in [0.2, 0.25) is 5.91 Å². The van der Waals surface area contributed by atoms with Crippen molar-refractivity contribution in [1.82, 2.24) is 9.55 Å². The first-order chi connectivity index (χ1) is 14.6. The summed E-state index contributed by atoms with van der Waals surface area (Å²) in [5, 5.41) is 7.01. The summed E-state index contributed by atoms with van der Waals surface area (Å²) in [7, 11) is 1.33. The molecule has 9 heteroatoms. The molecule has 4 heterocycles. The molecule has 2 aliphatic rings. The first-order valence-corrected chi connectivity index (χ1v) is 10.4. The number of anilines is 2. The fourth-order valence-electron chi connectivity index (χ4n) is 4.16. The number of pyridine rings is 1. The third kappa shape index (κ3) is 4.27. The molecule has 162 valence electrons. The molecule has 2 saturated heterocycles. The van der Waals surface area contributed by atoms with E-state index in [0.717, 1.165) is 44.6 Å². The smallest absolute Gasteiger partial charge is 0.356 e. The fraction of sp³-hybridized carbons (Fsp3) is 0.571. The van der Waals surface area contributed by atoms with Gasteiger partial charge in [-0.15, -0.1) is 0 Å². The molecule has 9 nitrogen and oxygen atoms in total. The van der Waals surface area contributed by atoms with Crippen LogP contribution in [0, 0.1) is 0 Å². The third-order valence-electron chi connectivity index (χ3n) is 5.58. The molecule has 2 N–H and O–H groups in total. The molecule has 0 aliphatic carbocycles. The van der Waals surface area contributed by atoms with E-state index < -0.39 is 5.97 Å². The number of ether oxygens (including phenoxy) is 3. The molecule has 0 saturated carbocycles. The molecule has 30 heavy (non-hydrogen) atoms. The molecule has 0 spiro atoms. The molecule has 1 amide bonds. The lowest BCUT2D eigenvalue weighted by Crippen LogP contribution is -2.27. The zero-order chi connectivity index (χ0) is 21.1. The highest BCUT2D eigenvalue weighted by molar-refractivity contribution is 6.10. The second-order valence-corrected chi connectivity index (χ2v) is 7.77. The van der Waals surface area contributed by atoms with Crippen LogP contribution in [0.15, 0.2) is 12.3 Å². The number of aromatic nitrogens is 2. The topological polar surface area (TPSA) is 104 Å². The number of carbonyl (C=O) groups is 2. The standard InChI is InChI=1S/C21H28N4O5/c1-13(26)23-18-17-10-15(24-14-5-8-29-9-6-14)11-22-20(17)25(19(18)21(27)28-2)12-16-4-3-7-30-16/h10-11,14,16,24H,3-9,12H2,1-2H3,(H,23,26). The van der Waals surface area contributed by atoms with Crippen LogP contribution < -0.4 is 10.6 Å². The van der Waals surface area contributed by atoms with Crippen LogP contribution in [0.25, 0.3) is 11.0 Å². The number of hydrogen-bond acceptors (Lipinski definition) is 7. The Bertz CT molecular complexity index is 929. The van der Waals surface area contributed by atoms with Gasteiger partial charge in [0.1, 0.15) is 5.65 Å². The highest BCUT2D eigenvalue weighted by Crippen LogP contribution is 2.34. The molecular formula is C21H28N4O5. The van der Waals surface area contributed by atoms with Crippen LogP contribution in [-0.4, -0.2) is 60.5 Å². The van der Waals surface area contributed by atoms with E-state index in [0.29, 0.717) is 35.9 Å². The molecule has 1 unspecified atom stereocenters. The predicted molar refractivity (Wildman–Crippen MR) is 112 cm³/mol. The van der Waals surface area contributed by atoms with Gasteiger partial charge in [0.15, 0.2) is 5.69 Å². The van der Waals surface area contributed by atoms with E-state index in [2.05, 4.69) is 15.6 Å². The summed E-state index contributed by atoms with van der Waals surface area (Å²) in [5.41, 5.74) is 2.17. The van der Waals surface area contributed by atoms with Crippen molar-refractivity contribution in [2.24, 2.45) is 0 Å². The van der Waals surface area contributed by atoms with E-state index in [1.54, 1.807) is 10.8 Å². The first kappa shape index (κ1) is 20.6. The van der Waals surface area contributed by atoms with E-state index in [9.17, 15) is 9.59 Å². The lowest BCUT2D eigenvalue weighted by atomic mass is 10.1. The molecule has 2 aliphatic heterocycles. The lowest BCUT2D eigenvalue weighted by molar-refractivity contribution is -0.114. The highest BCUT2D eigenvalue weighted by atomic mass is 16.5. The highest BCUT2D eigenvalue weighted by Gasteiger charge is 2.28. The number of methoxy groups -OCH3 is 1. The number of nitrogens with zero attached hydrogens (tertiary/aromatic N) is 2. The van der Waals surface area contributed by atoms with E-state index in [1.807, 2.05) is 6.07 Å². The van der Waals surface area contributed by atoms with Crippen LogP contribution in [0.2, 0.25) is 0 Å². The summed E-state index contributed by atoms with van der Waals surface area (Å²) in [5.74, 6) is -0.784. The summed E-state index contributed by atoms with van der Waals surface area (Å²) < 4.78 is 18.0. The number of esters is 1. The molecule has 0 aromatic carbocycles. The summed E-state index contributed by atoms with van der Waals surface area (Å²) in [6.07, 6.45) is 5.51. The first-order valence-electron chi connectivity index (χ1n) is 10.4. The van der Waals surface area contributed by atoms with E-state index in [4.69, 9.17) is 14.2 Å². The van der Waals surface area contributed by atoms with Gasteiger partial charge in [0, 0.05) is 38.2 Å². The predicted octanol–water partition coefficient (Wildman–Crippen LogP) is 2.55. The fourth-order valence-corrected chi connectivity index (χ4v) is 4.16. The average molecular weight is 416 g/mol. The number of fused-ring (bicyclic) bond motifs is 1. The van der Waals surface area contributed by atoms with Gasteiger partial charge >= 0.3 is 5.97 Å².